The second kappa shape index (κ2) is 6.30. The Hall–Kier alpha value is -0.820. The monoisotopic (exact) mass is 275 g/mol. The van der Waals surface area contributed by atoms with Crippen LogP contribution in [0.1, 0.15) is 83.9 Å². The van der Waals surface area contributed by atoms with E-state index in [1.807, 2.05) is 0 Å². The van der Waals surface area contributed by atoms with E-state index in [-0.39, 0.29) is 11.0 Å². The van der Waals surface area contributed by atoms with Gasteiger partial charge in [-0.1, -0.05) is 52.8 Å². The van der Waals surface area contributed by atoms with Crippen molar-refractivity contribution >= 4 is 0 Å². The molecule has 0 fully saturated rings. The zero-order chi connectivity index (χ0) is 15.6. The smallest absolute Gasteiger partial charge is 0.00971 e. The van der Waals surface area contributed by atoms with Crippen molar-refractivity contribution in [3.63, 3.8) is 0 Å². The van der Waals surface area contributed by atoms with Crippen molar-refractivity contribution < 1.29 is 0 Å². The SMILES string of the molecule is CC(C)c1c(CCCC(C)(C)N)cccc1C(C)(C)C. The molecule has 20 heavy (non-hydrogen) atoms. The third kappa shape index (κ3) is 4.94. The van der Waals surface area contributed by atoms with Crippen LogP contribution >= 0.6 is 0 Å². The highest BCUT2D eigenvalue weighted by molar-refractivity contribution is 5.41. The Morgan fingerprint density at radius 2 is 1.65 bits per heavy atom. The van der Waals surface area contributed by atoms with E-state index in [0.29, 0.717) is 5.92 Å². The molecule has 1 aromatic carbocycles. The fourth-order valence-corrected chi connectivity index (χ4v) is 2.90. The van der Waals surface area contributed by atoms with Crippen molar-refractivity contribution in [3.05, 3.63) is 34.9 Å². The number of benzene rings is 1. The fourth-order valence-electron chi connectivity index (χ4n) is 2.90. The van der Waals surface area contributed by atoms with Gasteiger partial charge in [0.05, 0.1) is 0 Å². The van der Waals surface area contributed by atoms with Gasteiger partial charge >= 0.3 is 0 Å². The molecule has 1 aromatic rings. The molecule has 0 atom stereocenters. The average Bonchev–Trinajstić information content (AvgIpc) is 2.25. The quantitative estimate of drug-likeness (QED) is 0.788. The Bertz CT molecular complexity index is 430. The molecule has 1 heteroatoms. The molecule has 0 aromatic heterocycles. The van der Waals surface area contributed by atoms with E-state index in [4.69, 9.17) is 5.73 Å². The first-order chi connectivity index (χ1) is 9.02. The molecule has 0 amide bonds. The molecule has 0 saturated carbocycles. The van der Waals surface area contributed by atoms with Gasteiger partial charge in [-0.2, -0.15) is 0 Å². The summed E-state index contributed by atoms with van der Waals surface area (Å²) >= 11 is 0. The van der Waals surface area contributed by atoms with E-state index >= 15 is 0 Å². The molecule has 0 aliphatic heterocycles. The minimum Gasteiger partial charge on any atom is -0.326 e. The van der Waals surface area contributed by atoms with Crippen molar-refractivity contribution in [2.24, 2.45) is 5.73 Å². The first kappa shape index (κ1) is 17.2. The Morgan fingerprint density at radius 1 is 1.05 bits per heavy atom. The molecule has 0 heterocycles. The maximum atomic E-state index is 6.10. The van der Waals surface area contributed by atoms with E-state index in [2.05, 4.69) is 66.7 Å². The number of hydrogen-bond acceptors (Lipinski definition) is 1. The van der Waals surface area contributed by atoms with Gasteiger partial charge in [0.15, 0.2) is 0 Å². The maximum absolute atomic E-state index is 6.10. The Kier molecular flexibility index (Phi) is 5.43. The highest BCUT2D eigenvalue weighted by Gasteiger charge is 2.21. The second-order valence-corrected chi connectivity index (χ2v) is 8.13. The summed E-state index contributed by atoms with van der Waals surface area (Å²) in [6.07, 6.45) is 3.37. The molecule has 1 nitrogen and oxygen atoms in total. The van der Waals surface area contributed by atoms with Gasteiger partial charge in [0.1, 0.15) is 0 Å². The summed E-state index contributed by atoms with van der Waals surface area (Å²) in [6.45, 7) is 15.8. The lowest BCUT2D eigenvalue weighted by Gasteiger charge is -2.27. The second-order valence-electron chi connectivity index (χ2n) is 8.13. The first-order valence-corrected chi connectivity index (χ1v) is 7.93. The third-order valence-electron chi connectivity index (χ3n) is 3.85. The largest absolute Gasteiger partial charge is 0.326 e. The summed E-state index contributed by atoms with van der Waals surface area (Å²) < 4.78 is 0. The van der Waals surface area contributed by atoms with Crippen LogP contribution < -0.4 is 5.73 Å². The molecule has 2 N–H and O–H groups in total. The molecule has 0 aliphatic rings. The molecule has 114 valence electrons. The molecule has 0 saturated heterocycles. The highest BCUT2D eigenvalue weighted by atomic mass is 14.7. The number of rotatable bonds is 5. The average molecular weight is 275 g/mol. The summed E-state index contributed by atoms with van der Waals surface area (Å²) in [6, 6.07) is 6.81. The predicted molar refractivity (Wildman–Crippen MR) is 90.4 cm³/mol. The minimum atomic E-state index is -0.0559. The van der Waals surface area contributed by atoms with Crippen LogP contribution in [0.15, 0.2) is 18.2 Å². The Morgan fingerprint density at radius 3 is 2.10 bits per heavy atom. The van der Waals surface area contributed by atoms with Gasteiger partial charge in [-0.15, -0.1) is 0 Å². The molecule has 0 unspecified atom stereocenters. The van der Waals surface area contributed by atoms with Gasteiger partial charge in [0.25, 0.3) is 0 Å². The van der Waals surface area contributed by atoms with Crippen LogP contribution in [-0.2, 0) is 11.8 Å². The van der Waals surface area contributed by atoms with Gasteiger partial charge in [0, 0.05) is 5.54 Å². The minimum absolute atomic E-state index is 0.0559. The number of hydrogen-bond donors (Lipinski definition) is 1. The van der Waals surface area contributed by atoms with E-state index in [9.17, 15) is 0 Å². The Labute approximate surface area is 126 Å². The molecular weight excluding hydrogens is 242 g/mol. The van der Waals surface area contributed by atoms with Gasteiger partial charge in [-0.3, -0.25) is 0 Å². The molecular formula is C19H33N. The van der Waals surface area contributed by atoms with Crippen molar-refractivity contribution in [1.82, 2.24) is 0 Å². The van der Waals surface area contributed by atoms with Crippen molar-refractivity contribution in [3.8, 4) is 0 Å². The summed E-state index contributed by atoms with van der Waals surface area (Å²) in [5.41, 5.74) is 10.8. The lowest BCUT2D eigenvalue weighted by atomic mass is 9.78. The lowest BCUT2D eigenvalue weighted by Crippen LogP contribution is -2.31. The van der Waals surface area contributed by atoms with Crippen LogP contribution in [-0.4, -0.2) is 5.54 Å². The van der Waals surface area contributed by atoms with E-state index in [1.165, 1.54) is 11.1 Å². The molecule has 1 rings (SSSR count). The molecule has 0 aliphatic carbocycles. The topological polar surface area (TPSA) is 26.0 Å². The molecule has 0 bridgehead atoms. The van der Waals surface area contributed by atoms with Crippen LogP contribution in [0, 0.1) is 0 Å². The van der Waals surface area contributed by atoms with E-state index in [0.717, 1.165) is 19.3 Å². The zero-order valence-electron chi connectivity index (χ0n) is 14.5. The summed E-state index contributed by atoms with van der Waals surface area (Å²) in [5.74, 6) is 0.575. The van der Waals surface area contributed by atoms with Crippen LogP contribution in [0.4, 0.5) is 0 Å². The Balaban J connectivity index is 3.02. The zero-order valence-corrected chi connectivity index (χ0v) is 14.5. The van der Waals surface area contributed by atoms with Crippen molar-refractivity contribution in [2.45, 2.75) is 84.6 Å². The standard InChI is InChI=1S/C19H33N/c1-14(2)17-15(11-9-13-19(6,7)20)10-8-12-16(17)18(3,4)5/h8,10,12,14H,9,11,13,20H2,1-7H3. The number of nitrogens with two attached hydrogens (primary N) is 1. The number of aryl methyl sites for hydroxylation is 1. The van der Waals surface area contributed by atoms with Crippen LogP contribution in [0.25, 0.3) is 0 Å². The normalized spacial score (nSPS) is 13.1. The highest BCUT2D eigenvalue weighted by Crippen LogP contribution is 2.33. The van der Waals surface area contributed by atoms with Crippen LogP contribution in [0.3, 0.4) is 0 Å². The van der Waals surface area contributed by atoms with Gasteiger partial charge in [-0.05, 0) is 61.1 Å². The van der Waals surface area contributed by atoms with Crippen LogP contribution in [0.5, 0.6) is 0 Å². The van der Waals surface area contributed by atoms with E-state index in [1.54, 1.807) is 5.56 Å². The summed E-state index contributed by atoms with van der Waals surface area (Å²) in [7, 11) is 0. The third-order valence-corrected chi connectivity index (χ3v) is 3.85. The molecule has 0 radical (unpaired) electrons. The predicted octanol–water partition coefficient (Wildman–Crippen LogP) is 5.17. The fraction of sp³-hybridized carbons (Fsp3) is 0.684. The van der Waals surface area contributed by atoms with Gasteiger partial charge in [-0.25, -0.2) is 0 Å². The first-order valence-electron chi connectivity index (χ1n) is 7.93. The van der Waals surface area contributed by atoms with Crippen molar-refractivity contribution in [2.75, 3.05) is 0 Å². The van der Waals surface area contributed by atoms with Crippen molar-refractivity contribution in [1.29, 1.82) is 0 Å². The van der Waals surface area contributed by atoms with Gasteiger partial charge < -0.3 is 5.73 Å². The van der Waals surface area contributed by atoms with Gasteiger partial charge in [0.2, 0.25) is 0 Å². The lowest BCUT2D eigenvalue weighted by molar-refractivity contribution is 0.458. The van der Waals surface area contributed by atoms with E-state index < -0.39 is 0 Å². The summed E-state index contributed by atoms with van der Waals surface area (Å²) in [4.78, 5) is 0. The molecule has 0 spiro atoms. The maximum Gasteiger partial charge on any atom is 0.00971 e. The summed E-state index contributed by atoms with van der Waals surface area (Å²) in [5, 5.41) is 0. The van der Waals surface area contributed by atoms with Crippen LogP contribution in [0.2, 0.25) is 0 Å².